The minimum atomic E-state index is -0.901. The van der Waals surface area contributed by atoms with Crippen LogP contribution in [-0.4, -0.2) is 34.6 Å². The molecule has 0 aliphatic rings. The van der Waals surface area contributed by atoms with Crippen molar-refractivity contribution in [3.63, 3.8) is 0 Å². The van der Waals surface area contributed by atoms with Crippen LogP contribution in [0.1, 0.15) is 13.8 Å². The number of ether oxygens (including phenoxy) is 2. The number of rotatable bonds is 5. The highest BCUT2D eigenvalue weighted by Crippen LogP contribution is 1.97. The summed E-state index contributed by atoms with van der Waals surface area (Å²) in [6.45, 7) is 4.56. The van der Waals surface area contributed by atoms with Crippen molar-refractivity contribution >= 4 is 21.7 Å². The molecule has 0 N–H and O–H groups in total. The summed E-state index contributed by atoms with van der Waals surface area (Å²) in [7, 11) is -0.579. The first-order valence-corrected chi connectivity index (χ1v) is 5.97. The molecule has 0 aliphatic heterocycles. The van der Waals surface area contributed by atoms with E-state index in [1.54, 1.807) is 0 Å². The van der Waals surface area contributed by atoms with Crippen LogP contribution in [-0.2, 0) is 23.5 Å². The van der Waals surface area contributed by atoms with Gasteiger partial charge in [0.1, 0.15) is 6.61 Å². The van der Waals surface area contributed by atoms with E-state index in [9.17, 15) is 9.59 Å². The van der Waals surface area contributed by atoms with E-state index in [2.05, 4.69) is 9.47 Å². The molecule has 0 aliphatic carbocycles. The Morgan fingerprint density at radius 1 is 1.23 bits per heavy atom. The van der Waals surface area contributed by atoms with Crippen LogP contribution in [0.5, 0.6) is 0 Å². The molecule has 0 rings (SSSR count). The van der Waals surface area contributed by atoms with Gasteiger partial charge in [-0.3, -0.25) is 9.59 Å². The van der Waals surface area contributed by atoms with Crippen LogP contribution in [0.2, 0.25) is 6.55 Å². The van der Waals surface area contributed by atoms with Crippen LogP contribution in [0.25, 0.3) is 0 Å². The quantitative estimate of drug-likeness (QED) is 0.347. The van der Waals surface area contributed by atoms with Gasteiger partial charge in [0.15, 0.2) is 9.76 Å². The van der Waals surface area contributed by atoms with Gasteiger partial charge in [-0.1, -0.05) is 6.55 Å². The highest BCUT2D eigenvalue weighted by atomic mass is 28.2. The molecule has 0 bridgehead atoms. The Kier molecular flexibility index (Phi) is 6.16. The van der Waals surface area contributed by atoms with E-state index in [1.165, 1.54) is 13.8 Å². The van der Waals surface area contributed by atoms with Crippen LogP contribution < -0.4 is 0 Å². The molecule has 13 heavy (non-hydrogen) atoms. The molecule has 0 aromatic rings. The Morgan fingerprint density at radius 3 is 2.00 bits per heavy atom. The van der Waals surface area contributed by atoms with E-state index in [-0.39, 0.29) is 6.61 Å². The Balaban J connectivity index is 3.87. The van der Waals surface area contributed by atoms with E-state index in [1.807, 2.05) is 6.55 Å². The molecule has 6 heteroatoms. The van der Waals surface area contributed by atoms with E-state index in [4.69, 9.17) is 4.43 Å². The topological polar surface area (TPSA) is 61.8 Å². The van der Waals surface area contributed by atoms with Gasteiger partial charge >= 0.3 is 11.9 Å². The third kappa shape index (κ3) is 7.48. The number of carbonyl (C=O) groups excluding carboxylic acids is 2. The standard InChI is InChI=1S/C7H14O5Si/c1-5(8)11-7(4-10-13-3)12-6(2)9/h7H,4,13H2,1-3H3. The molecule has 0 aromatic carbocycles. The van der Waals surface area contributed by atoms with E-state index >= 15 is 0 Å². The predicted octanol–water partition coefficient (Wildman–Crippen LogP) is -0.413. The molecule has 0 heterocycles. The molecule has 0 saturated carbocycles. The number of hydrogen-bond donors (Lipinski definition) is 0. The fourth-order valence-electron chi connectivity index (χ4n) is 0.676. The molecule has 0 radical (unpaired) electrons. The van der Waals surface area contributed by atoms with Gasteiger partial charge in [-0.05, 0) is 0 Å². The van der Waals surface area contributed by atoms with Crippen molar-refractivity contribution in [3.05, 3.63) is 0 Å². The highest BCUT2D eigenvalue weighted by molar-refractivity contribution is 6.24. The van der Waals surface area contributed by atoms with Crippen LogP contribution in [0.15, 0.2) is 0 Å². The number of carbonyl (C=O) groups is 2. The van der Waals surface area contributed by atoms with E-state index in [0.29, 0.717) is 0 Å². The monoisotopic (exact) mass is 206 g/mol. The molecule has 0 amide bonds. The fourth-order valence-corrected chi connectivity index (χ4v) is 1.10. The second kappa shape index (κ2) is 6.61. The van der Waals surface area contributed by atoms with Gasteiger partial charge in [-0.15, -0.1) is 0 Å². The molecule has 0 unspecified atom stereocenters. The Bertz CT molecular complexity index is 166. The van der Waals surface area contributed by atoms with Crippen molar-refractivity contribution in [1.29, 1.82) is 0 Å². The summed E-state index contributed by atoms with van der Waals surface area (Å²) in [6, 6.07) is 0. The fraction of sp³-hybridized carbons (Fsp3) is 0.714. The smallest absolute Gasteiger partial charge is 0.305 e. The maximum absolute atomic E-state index is 10.5. The van der Waals surface area contributed by atoms with Gasteiger partial charge in [-0.2, -0.15) is 0 Å². The second-order valence-electron chi connectivity index (χ2n) is 2.31. The maximum Gasteiger partial charge on any atom is 0.305 e. The largest absolute Gasteiger partial charge is 0.423 e. The molecular weight excluding hydrogens is 192 g/mol. The van der Waals surface area contributed by atoms with Crippen molar-refractivity contribution in [2.45, 2.75) is 26.7 Å². The maximum atomic E-state index is 10.5. The summed E-state index contributed by atoms with van der Waals surface area (Å²) in [5, 5.41) is 0. The third-order valence-electron chi connectivity index (χ3n) is 1.05. The number of esters is 2. The van der Waals surface area contributed by atoms with Crippen LogP contribution in [0.4, 0.5) is 0 Å². The molecular formula is C7H14O5Si. The molecule has 5 nitrogen and oxygen atoms in total. The number of hydrogen-bond acceptors (Lipinski definition) is 5. The summed E-state index contributed by atoms with van der Waals surface area (Å²) in [4.78, 5) is 21.1. The van der Waals surface area contributed by atoms with Gasteiger partial charge in [0, 0.05) is 13.8 Å². The van der Waals surface area contributed by atoms with Crippen LogP contribution >= 0.6 is 0 Å². The lowest BCUT2D eigenvalue weighted by molar-refractivity contribution is -0.189. The molecule has 76 valence electrons. The second-order valence-corrected chi connectivity index (χ2v) is 3.29. The lowest BCUT2D eigenvalue weighted by atomic mass is 10.6. The molecule has 0 fully saturated rings. The first kappa shape index (κ1) is 12.1. The summed E-state index contributed by atoms with van der Waals surface area (Å²) in [5.74, 6) is -0.986. The summed E-state index contributed by atoms with van der Waals surface area (Å²) in [5.41, 5.74) is 0. The van der Waals surface area contributed by atoms with Crippen molar-refractivity contribution in [2.75, 3.05) is 6.61 Å². The normalized spacial score (nSPS) is 10.8. The van der Waals surface area contributed by atoms with Gasteiger partial charge in [0.25, 0.3) is 6.29 Å². The molecule has 0 atom stereocenters. The van der Waals surface area contributed by atoms with E-state index in [0.717, 1.165) is 0 Å². The Hall–Kier alpha value is -0.883. The summed E-state index contributed by atoms with van der Waals surface area (Å²) in [6.07, 6.45) is -0.901. The molecule has 0 spiro atoms. The minimum Gasteiger partial charge on any atom is -0.423 e. The van der Waals surface area contributed by atoms with Crippen molar-refractivity contribution in [3.8, 4) is 0 Å². The lowest BCUT2D eigenvalue weighted by Gasteiger charge is -2.16. The average molecular weight is 206 g/mol. The Morgan fingerprint density at radius 2 is 1.69 bits per heavy atom. The summed E-state index contributed by atoms with van der Waals surface area (Å²) < 4.78 is 14.4. The van der Waals surface area contributed by atoms with Crippen molar-refractivity contribution in [1.82, 2.24) is 0 Å². The SMILES string of the molecule is C[SiH2]OCC(OC(C)=O)OC(C)=O. The van der Waals surface area contributed by atoms with Gasteiger partial charge in [-0.25, -0.2) is 0 Å². The van der Waals surface area contributed by atoms with Gasteiger partial charge in [0.05, 0.1) is 0 Å². The zero-order chi connectivity index (χ0) is 10.3. The van der Waals surface area contributed by atoms with Crippen LogP contribution in [0.3, 0.4) is 0 Å². The Labute approximate surface area is 79.3 Å². The molecule has 0 aromatic heterocycles. The van der Waals surface area contributed by atoms with E-state index < -0.39 is 28.0 Å². The van der Waals surface area contributed by atoms with Crippen molar-refractivity contribution < 1.29 is 23.5 Å². The average Bonchev–Trinajstić information content (AvgIpc) is 1.98. The minimum absolute atomic E-state index is 0.127. The van der Waals surface area contributed by atoms with Gasteiger partial charge in [0.2, 0.25) is 0 Å². The predicted molar refractivity (Wildman–Crippen MR) is 47.7 cm³/mol. The third-order valence-corrected chi connectivity index (χ3v) is 1.70. The zero-order valence-electron chi connectivity index (χ0n) is 8.03. The highest BCUT2D eigenvalue weighted by Gasteiger charge is 2.14. The first-order valence-electron chi connectivity index (χ1n) is 3.98. The zero-order valence-corrected chi connectivity index (χ0v) is 9.45. The molecule has 0 saturated heterocycles. The lowest BCUT2D eigenvalue weighted by Crippen LogP contribution is -2.27. The first-order chi connectivity index (χ1) is 6.06. The van der Waals surface area contributed by atoms with Crippen molar-refractivity contribution in [2.24, 2.45) is 0 Å². The van der Waals surface area contributed by atoms with Crippen LogP contribution in [0, 0.1) is 0 Å². The van der Waals surface area contributed by atoms with Gasteiger partial charge < -0.3 is 13.9 Å². The summed E-state index contributed by atoms with van der Waals surface area (Å²) >= 11 is 0.